The minimum absolute atomic E-state index is 0. The van der Waals surface area contributed by atoms with Gasteiger partial charge in [-0.05, 0) is 19.0 Å². The first-order valence-corrected chi connectivity index (χ1v) is 9.58. The van der Waals surface area contributed by atoms with Gasteiger partial charge >= 0.3 is 5.97 Å². The molecule has 1 heterocycles. The van der Waals surface area contributed by atoms with Crippen LogP contribution >= 0.6 is 12.4 Å². The zero-order chi connectivity index (χ0) is 17.4. The molecule has 0 unspecified atom stereocenters. The monoisotopic (exact) mass is 367 g/mol. The second-order valence-corrected chi connectivity index (χ2v) is 7.14. The first-order chi connectivity index (χ1) is 11.6. The van der Waals surface area contributed by atoms with E-state index in [2.05, 4.69) is 43.1 Å². The number of benzene rings is 1. The molecule has 2 atom stereocenters. The molecule has 0 amide bonds. The van der Waals surface area contributed by atoms with E-state index in [9.17, 15) is 4.79 Å². The van der Waals surface area contributed by atoms with Gasteiger partial charge in [0.05, 0.1) is 0 Å². The van der Waals surface area contributed by atoms with Crippen LogP contribution in [-0.2, 0) is 15.1 Å². The molecule has 0 aliphatic carbocycles. The zero-order valence-electron chi connectivity index (χ0n) is 16.0. The predicted octanol–water partition coefficient (Wildman–Crippen LogP) is 5.18. The summed E-state index contributed by atoms with van der Waals surface area (Å²) in [5.41, 5.74) is 0.716. The largest absolute Gasteiger partial charge is 0.454 e. The van der Waals surface area contributed by atoms with Gasteiger partial charge in [0, 0.05) is 31.8 Å². The van der Waals surface area contributed by atoms with Crippen molar-refractivity contribution in [3.8, 4) is 0 Å². The average Bonchev–Trinajstić information content (AvgIpc) is 2.61. The van der Waals surface area contributed by atoms with Gasteiger partial charge in [0.15, 0.2) is 0 Å². The van der Waals surface area contributed by atoms with E-state index in [4.69, 9.17) is 4.74 Å². The van der Waals surface area contributed by atoms with Crippen LogP contribution < -0.4 is 0 Å². The molecule has 1 saturated heterocycles. The smallest absolute Gasteiger partial charge is 0.306 e. The maximum absolute atomic E-state index is 12.2. The van der Waals surface area contributed by atoms with Gasteiger partial charge in [-0.2, -0.15) is 0 Å². The number of ether oxygens (including phenoxy) is 1. The maximum Gasteiger partial charge on any atom is 0.306 e. The highest BCUT2D eigenvalue weighted by Gasteiger charge is 2.46. The number of halogens is 1. The second-order valence-electron chi connectivity index (χ2n) is 7.14. The lowest BCUT2D eigenvalue weighted by atomic mass is 9.73. The number of piperidine rings is 1. The number of likely N-dealkylation sites (tertiary alicyclic amines) is 1. The highest BCUT2D eigenvalue weighted by atomic mass is 35.5. The van der Waals surface area contributed by atoms with Crippen LogP contribution in [0.4, 0.5) is 0 Å². The fourth-order valence-corrected chi connectivity index (χ4v) is 3.89. The molecule has 3 nitrogen and oxygen atoms in total. The van der Waals surface area contributed by atoms with E-state index in [1.165, 1.54) is 31.2 Å². The SMILES string of the molecule is CCCCCC[C@H]1CN(C)CC[C@]1(OC(=O)CC)c1ccccc1.Cl. The molecule has 1 fully saturated rings. The van der Waals surface area contributed by atoms with Crippen LogP contribution in [-0.4, -0.2) is 31.0 Å². The van der Waals surface area contributed by atoms with Gasteiger partial charge in [-0.1, -0.05) is 69.9 Å². The third-order valence-electron chi connectivity index (χ3n) is 5.31. The summed E-state index contributed by atoms with van der Waals surface area (Å²) in [6.07, 6.45) is 7.46. The Morgan fingerprint density at radius 2 is 1.92 bits per heavy atom. The van der Waals surface area contributed by atoms with Crippen molar-refractivity contribution in [1.29, 1.82) is 0 Å². The lowest BCUT2D eigenvalue weighted by Gasteiger charge is -2.47. The molecule has 4 heteroatoms. The van der Waals surface area contributed by atoms with Gasteiger partial charge < -0.3 is 9.64 Å². The van der Waals surface area contributed by atoms with E-state index in [0.29, 0.717) is 12.3 Å². The molecule has 2 rings (SSSR count). The van der Waals surface area contributed by atoms with Crippen LogP contribution in [0.5, 0.6) is 0 Å². The van der Waals surface area contributed by atoms with Gasteiger partial charge in [-0.3, -0.25) is 4.79 Å². The number of carbonyl (C=O) groups is 1. The molecule has 25 heavy (non-hydrogen) atoms. The fourth-order valence-electron chi connectivity index (χ4n) is 3.89. The summed E-state index contributed by atoms with van der Waals surface area (Å²) >= 11 is 0. The molecular weight excluding hydrogens is 334 g/mol. The Labute approximate surface area is 159 Å². The van der Waals surface area contributed by atoms with Crippen LogP contribution in [0, 0.1) is 5.92 Å². The van der Waals surface area contributed by atoms with E-state index in [1.807, 2.05) is 13.0 Å². The number of hydrogen-bond acceptors (Lipinski definition) is 3. The number of nitrogens with zero attached hydrogens (tertiary/aromatic N) is 1. The fraction of sp³-hybridized carbons (Fsp3) is 0.667. The summed E-state index contributed by atoms with van der Waals surface area (Å²) in [6.45, 7) is 6.09. The molecule has 1 aromatic rings. The molecular formula is C21H34ClNO2. The lowest BCUT2D eigenvalue weighted by Crippen LogP contribution is -2.51. The van der Waals surface area contributed by atoms with Crippen molar-refractivity contribution >= 4 is 18.4 Å². The van der Waals surface area contributed by atoms with E-state index >= 15 is 0 Å². The van der Waals surface area contributed by atoms with Crippen LogP contribution in [0.15, 0.2) is 30.3 Å². The highest BCUT2D eigenvalue weighted by Crippen LogP contribution is 2.43. The van der Waals surface area contributed by atoms with Crippen LogP contribution in [0.25, 0.3) is 0 Å². The molecule has 0 saturated carbocycles. The summed E-state index contributed by atoms with van der Waals surface area (Å²) in [5.74, 6) is 0.285. The first kappa shape index (κ1) is 22.0. The standard InChI is InChI=1S/C21H33NO2.ClH/c1-4-6-7-9-14-19-17-22(3)16-15-21(19,24-20(23)5-2)18-12-10-8-11-13-18;/h8,10-13,19H,4-7,9,14-17H2,1-3H3;1H/t19-,21-;/m0./s1. The summed E-state index contributed by atoms with van der Waals surface area (Å²) in [7, 11) is 2.18. The van der Waals surface area contributed by atoms with Crippen LogP contribution in [0.1, 0.15) is 64.4 Å². The number of carbonyl (C=O) groups excluding carboxylic acids is 1. The van der Waals surface area contributed by atoms with Crippen molar-refractivity contribution in [2.24, 2.45) is 5.92 Å². The Bertz CT molecular complexity index is 508. The summed E-state index contributed by atoms with van der Waals surface area (Å²) in [6, 6.07) is 10.4. The van der Waals surface area contributed by atoms with E-state index in [1.54, 1.807) is 0 Å². The van der Waals surface area contributed by atoms with Gasteiger partial charge in [0.2, 0.25) is 0 Å². The van der Waals surface area contributed by atoms with Gasteiger partial charge in [-0.25, -0.2) is 0 Å². The minimum Gasteiger partial charge on any atom is -0.454 e. The molecule has 1 aliphatic rings. The van der Waals surface area contributed by atoms with Crippen molar-refractivity contribution in [3.05, 3.63) is 35.9 Å². The third-order valence-corrected chi connectivity index (χ3v) is 5.31. The van der Waals surface area contributed by atoms with Crippen molar-refractivity contribution in [1.82, 2.24) is 4.90 Å². The number of unbranched alkanes of at least 4 members (excludes halogenated alkanes) is 3. The van der Waals surface area contributed by atoms with Crippen molar-refractivity contribution in [2.45, 2.75) is 64.4 Å². The Kier molecular flexibility index (Phi) is 9.52. The second kappa shape index (κ2) is 10.8. The summed E-state index contributed by atoms with van der Waals surface area (Å²) < 4.78 is 6.17. The Hall–Kier alpha value is -1.06. The molecule has 0 bridgehead atoms. The van der Waals surface area contributed by atoms with Crippen molar-refractivity contribution in [2.75, 3.05) is 20.1 Å². The Morgan fingerprint density at radius 3 is 2.56 bits per heavy atom. The topological polar surface area (TPSA) is 29.5 Å². The molecule has 1 aromatic carbocycles. The van der Waals surface area contributed by atoms with E-state index in [0.717, 1.165) is 25.9 Å². The van der Waals surface area contributed by atoms with Crippen LogP contribution in [0.3, 0.4) is 0 Å². The molecule has 0 spiro atoms. The highest BCUT2D eigenvalue weighted by molar-refractivity contribution is 5.85. The Morgan fingerprint density at radius 1 is 1.20 bits per heavy atom. The Balaban J connectivity index is 0.00000312. The van der Waals surface area contributed by atoms with Gasteiger partial charge in [0.1, 0.15) is 5.60 Å². The maximum atomic E-state index is 12.2. The molecule has 0 aromatic heterocycles. The lowest BCUT2D eigenvalue weighted by molar-refractivity contribution is -0.176. The van der Waals surface area contributed by atoms with E-state index < -0.39 is 5.60 Å². The first-order valence-electron chi connectivity index (χ1n) is 9.58. The quantitative estimate of drug-likeness (QED) is 0.468. The van der Waals surface area contributed by atoms with Gasteiger partial charge in [0.25, 0.3) is 0 Å². The molecule has 0 N–H and O–H groups in total. The van der Waals surface area contributed by atoms with Crippen LogP contribution in [0.2, 0.25) is 0 Å². The normalized spacial score (nSPS) is 23.7. The molecule has 142 valence electrons. The van der Waals surface area contributed by atoms with Crippen molar-refractivity contribution < 1.29 is 9.53 Å². The zero-order valence-corrected chi connectivity index (χ0v) is 16.8. The molecule has 0 radical (unpaired) electrons. The number of esters is 1. The summed E-state index contributed by atoms with van der Waals surface area (Å²) in [5, 5.41) is 0. The third kappa shape index (κ3) is 5.72. The number of hydrogen-bond donors (Lipinski definition) is 0. The number of rotatable bonds is 8. The minimum atomic E-state index is -0.451. The molecule has 1 aliphatic heterocycles. The summed E-state index contributed by atoms with van der Waals surface area (Å²) in [4.78, 5) is 14.6. The average molecular weight is 368 g/mol. The van der Waals surface area contributed by atoms with E-state index in [-0.39, 0.29) is 18.4 Å². The van der Waals surface area contributed by atoms with Crippen molar-refractivity contribution in [3.63, 3.8) is 0 Å². The predicted molar refractivity (Wildman–Crippen MR) is 106 cm³/mol. The van der Waals surface area contributed by atoms with Gasteiger partial charge in [-0.15, -0.1) is 12.4 Å².